The summed E-state index contributed by atoms with van der Waals surface area (Å²) in [5, 5.41) is 11.9. The Morgan fingerprint density at radius 1 is 1.52 bits per heavy atom. The van der Waals surface area contributed by atoms with Gasteiger partial charge in [-0.2, -0.15) is 4.31 Å². The number of hydrogen-bond donors (Lipinski definition) is 2. The van der Waals surface area contributed by atoms with Crippen molar-refractivity contribution in [1.29, 1.82) is 0 Å². The maximum atomic E-state index is 12.6. The van der Waals surface area contributed by atoms with Gasteiger partial charge in [-0.25, -0.2) is 8.42 Å². The largest absolute Gasteiger partial charge is 0.409 e. The molecule has 6 nitrogen and oxygen atoms in total. The van der Waals surface area contributed by atoms with Crippen LogP contribution in [0.15, 0.2) is 19.2 Å². The molecule has 21 heavy (non-hydrogen) atoms. The highest BCUT2D eigenvalue weighted by Crippen LogP contribution is 2.36. The van der Waals surface area contributed by atoms with Crippen LogP contribution in [-0.2, 0) is 10.0 Å². The summed E-state index contributed by atoms with van der Waals surface area (Å²) >= 11 is 4.58. The molecule has 0 aliphatic carbocycles. The van der Waals surface area contributed by atoms with Crippen LogP contribution >= 0.6 is 27.3 Å². The van der Waals surface area contributed by atoms with Crippen molar-refractivity contribution >= 4 is 43.1 Å². The van der Waals surface area contributed by atoms with E-state index in [-0.39, 0.29) is 5.84 Å². The van der Waals surface area contributed by atoms with Gasteiger partial charge in [-0.1, -0.05) is 12.1 Å². The van der Waals surface area contributed by atoms with Crippen LogP contribution in [-0.4, -0.2) is 36.9 Å². The average molecular weight is 396 g/mol. The number of piperidine rings is 1. The predicted molar refractivity (Wildman–Crippen MR) is 86.3 cm³/mol. The molecule has 9 heteroatoms. The summed E-state index contributed by atoms with van der Waals surface area (Å²) in [6, 6.07) is 1.68. The number of thiophene rings is 1. The van der Waals surface area contributed by atoms with Crippen LogP contribution in [0.2, 0.25) is 0 Å². The minimum Gasteiger partial charge on any atom is -0.409 e. The van der Waals surface area contributed by atoms with E-state index < -0.39 is 15.4 Å². The zero-order valence-electron chi connectivity index (χ0n) is 11.8. The van der Waals surface area contributed by atoms with Crippen molar-refractivity contribution in [3.8, 4) is 0 Å². The third-order valence-corrected chi connectivity index (χ3v) is 8.47. The van der Waals surface area contributed by atoms with Crippen LogP contribution < -0.4 is 5.73 Å². The van der Waals surface area contributed by atoms with Crippen LogP contribution in [0, 0.1) is 12.3 Å². The monoisotopic (exact) mass is 395 g/mol. The molecule has 0 aromatic carbocycles. The molecule has 3 N–H and O–H groups in total. The Hall–Kier alpha value is -0.640. The molecular formula is C12H18BrN3O3S2. The number of oxime groups is 1. The molecule has 0 bridgehead atoms. The molecule has 0 radical (unpaired) electrons. The molecule has 1 aliphatic heterocycles. The SMILES string of the molecule is Cc1cc(S(=O)(=O)N2CCC(C)(/C(N)=N/O)CC2)sc1Br. The first-order valence-corrected chi connectivity index (χ1v) is 9.50. The topological polar surface area (TPSA) is 96.0 Å². The summed E-state index contributed by atoms with van der Waals surface area (Å²) < 4.78 is 27.9. The van der Waals surface area contributed by atoms with E-state index in [1.165, 1.54) is 15.6 Å². The van der Waals surface area contributed by atoms with E-state index >= 15 is 0 Å². The Labute approximate surface area is 136 Å². The Kier molecular flexibility index (Phi) is 4.67. The van der Waals surface area contributed by atoms with Crippen LogP contribution in [0.3, 0.4) is 0 Å². The highest BCUT2D eigenvalue weighted by molar-refractivity contribution is 9.11. The molecule has 0 spiro atoms. The fourth-order valence-corrected chi connectivity index (χ4v) is 6.11. The highest BCUT2D eigenvalue weighted by atomic mass is 79.9. The normalized spacial score (nSPS) is 20.6. The van der Waals surface area contributed by atoms with Crippen molar-refractivity contribution in [2.24, 2.45) is 16.3 Å². The van der Waals surface area contributed by atoms with Gasteiger partial charge in [0.1, 0.15) is 10.0 Å². The Bertz CT molecular complexity index is 642. The maximum Gasteiger partial charge on any atom is 0.252 e. The van der Waals surface area contributed by atoms with Crippen molar-refractivity contribution in [1.82, 2.24) is 4.31 Å². The first-order chi connectivity index (χ1) is 9.70. The standard InChI is InChI=1S/C12H18BrN3O3S2/c1-8-7-9(20-10(8)13)21(18,19)16-5-3-12(2,4-6-16)11(14)15-17/h7,17H,3-6H2,1-2H3,(H2,14,15). The average Bonchev–Trinajstić information content (AvgIpc) is 2.79. The van der Waals surface area contributed by atoms with Crippen molar-refractivity contribution in [3.05, 3.63) is 15.4 Å². The number of aryl methyl sites for hydroxylation is 1. The second-order valence-corrected chi connectivity index (χ2v) is 10.0. The van der Waals surface area contributed by atoms with Gasteiger partial charge in [0.05, 0.1) is 3.79 Å². The first-order valence-electron chi connectivity index (χ1n) is 6.45. The Balaban J connectivity index is 2.18. The Morgan fingerprint density at radius 2 is 2.10 bits per heavy atom. The second-order valence-electron chi connectivity index (χ2n) is 5.47. The number of nitrogens with zero attached hydrogens (tertiary/aromatic N) is 2. The second kappa shape index (κ2) is 5.86. The van der Waals surface area contributed by atoms with E-state index in [1.807, 2.05) is 13.8 Å². The quantitative estimate of drug-likeness (QED) is 0.355. The van der Waals surface area contributed by atoms with Crippen molar-refractivity contribution < 1.29 is 13.6 Å². The number of halogens is 1. The van der Waals surface area contributed by atoms with Gasteiger partial charge in [0.25, 0.3) is 10.0 Å². The number of rotatable bonds is 3. The van der Waals surface area contributed by atoms with Crippen LogP contribution in [0.4, 0.5) is 0 Å². The molecule has 0 saturated carbocycles. The van der Waals surface area contributed by atoms with Crippen molar-refractivity contribution in [3.63, 3.8) is 0 Å². The highest BCUT2D eigenvalue weighted by Gasteiger charge is 2.38. The predicted octanol–water partition coefficient (Wildman–Crippen LogP) is 2.36. The van der Waals surface area contributed by atoms with Crippen LogP contribution in [0.5, 0.6) is 0 Å². The minimum atomic E-state index is -3.47. The summed E-state index contributed by atoms with van der Waals surface area (Å²) in [7, 11) is -3.47. The van der Waals surface area contributed by atoms with Gasteiger partial charge < -0.3 is 10.9 Å². The van der Waals surface area contributed by atoms with Gasteiger partial charge in [-0.15, -0.1) is 11.3 Å². The fraction of sp³-hybridized carbons (Fsp3) is 0.583. The summed E-state index contributed by atoms with van der Waals surface area (Å²) in [4.78, 5) is 0. The van der Waals surface area contributed by atoms with E-state index in [2.05, 4.69) is 21.1 Å². The van der Waals surface area contributed by atoms with Gasteiger partial charge in [-0.3, -0.25) is 0 Å². The van der Waals surface area contributed by atoms with Gasteiger partial charge in [0.2, 0.25) is 0 Å². The zero-order chi connectivity index (χ0) is 15.8. The molecule has 2 rings (SSSR count). The third kappa shape index (κ3) is 3.10. The first kappa shape index (κ1) is 16.7. The van der Waals surface area contributed by atoms with E-state index in [9.17, 15) is 8.42 Å². The van der Waals surface area contributed by atoms with E-state index in [4.69, 9.17) is 10.9 Å². The summed E-state index contributed by atoms with van der Waals surface area (Å²) in [6.07, 6.45) is 1.07. The molecule has 0 unspecified atom stereocenters. The molecule has 0 atom stereocenters. The molecule has 0 amide bonds. The molecule has 1 fully saturated rings. The van der Waals surface area contributed by atoms with E-state index in [0.717, 1.165) is 9.35 Å². The smallest absolute Gasteiger partial charge is 0.252 e. The maximum absolute atomic E-state index is 12.6. The minimum absolute atomic E-state index is 0.161. The van der Waals surface area contributed by atoms with Crippen LogP contribution in [0.25, 0.3) is 0 Å². The van der Waals surface area contributed by atoms with Crippen molar-refractivity contribution in [2.45, 2.75) is 30.9 Å². The molecule has 2 heterocycles. The van der Waals surface area contributed by atoms with Gasteiger partial charge in [0.15, 0.2) is 0 Å². The molecule has 1 aromatic heterocycles. The van der Waals surface area contributed by atoms with Gasteiger partial charge >= 0.3 is 0 Å². The fourth-order valence-electron chi connectivity index (χ4n) is 2.28. The van der Waals surface area contributed by atoms with Gasteiger partial charge in [0, 0.05) is 18.5 Å². The zero-order valence-corrected chi connectivity index (χ0v) is 15.1. The summed E-state index contributed by atoms with van der Waals surface area (Å²) in [6.45, 7) is 4.48. The summed E-state index contributed by atoms with van der Waals surface area (Å²) in [5.41, 5.74) is 6.16. The lowest BCUT2D eigenvalue weighted by Gasteiger charge is -2.37. The molecule has 1 aliphatic rings. The number of nitrogens with two attached hydrogens (primary N) is 1. The van der Waals surface area contributed by atoms with Crippen LogP contribution in [0.1, 0.15) is 25.3 Å². The Morgan fingerprint density at radius 3 is 2.52 bits per heavy atom. The number of sulfonamides is 1. The van der Waals surface area contributed by atoms with Crippen molar-refractivity contribution in [2.75, 3.05) is 13.1 Å². The van der Waals surface area contributed by atoms with E-state index in [1.54, 1.807) is 6.07 Å². The molecule has 118 valence electrons. The molecular weight excluding hydrogens is 378 g/mol. The lowest BCUT2D eigenvalue weighted by molar-refractivity contribution is 0.230. The lowest BCUT2D eigenvalue weighted by Crippen LogP contribution is -2.47. The molecule has 1 aromatic rings. The summed E-state index contributed by atoms with van der Waals surface area (Å²) in [5.74, 6) is 0.161. The molecule has 1 saturated heterocycles. The van der Waals surface area contributed by atoms with E-state index in [0.29, 0.717) is 30.1 Å². The third-order valence-electron chi connectivity index (χ3n) is 3.98. The lowest BCUT2D eigenvalue weighted by atomic mass is 9.80. The van der Waals surface area contributed by atoms with Gasteiger partial charge in [-0.05, 0) is 47.3 Å². The number of amidine groups is 1. The number of hydrogen-bond acceptors (Lipinski definition) is 5.